The Hall–Kier alpha value is -7.27. The molecule has 0 saturated heterocycles. The van der Waals surface area contributed by atoms with Gasteiger partial charge in [-0.05, 0) is 62.6 Å². The monoisotopic (exact) mass is 1050 g/mol. The number of aliphatic carboxylic acids is 2. The first-order chi connectivity index (χ1) is 34.1. The molecule has 1 rings (SSSR count). The standard InChI is InChI=1S/C44H71N13O15S/c1-20(2)14-27(53-38(66)26(52-35(63)22(5)45)8-7-13-48-44(46)47)37(65)49-17-32(60)51-30(18-58)40(68)56-31(19-73)41(69)50-23(6)36(64)57-34(21(3)4)42(70)54-28(16-33(61)62)39(67)55-29(43(71)72)15-24-9-11-25(59)12-10-24/h9-12,20-23,26-31,34,58-59,73H,7-8,13-19,45H2,1-6H3,(H,49,65)(H,50,69)(H,51,60)(H,52,63)(H,53,66)(H,54,70)(H,55,67)(H,56,68)(H,57,64)(H,61,62)(H,71,72)(H4,46,47,48)/t22-,23-,26-,27-,28-,29-,30-,31-,34-/m0/s1. The molecule has 0 bridgehead atoms. The van der Waals surface area contributed by atoms with Crippen LogP contribution in [0.1, 0.15) is 72.8 Å². The van der Waals surface area contributed by atoms with E-state index >= 15 is 0 Å². The normalized spacial score (nSPS) is 14.7. The molecule has 0 aliphatic rings. The number of carboxylic acid groups (broad SMARTS) is 2. The van der Waals surface area contributed by atoms with Crippen LogP contribution >= 0.6 is 12.6 Å². The third-order valence-electron chi connectivity index (χ3n) is 10.4. The van der Waals surface area contributed by atoms with Crippen LogP contribution in [0.2, 0.25) is 0 Å². The van der Waals surface area contributed by atoms with Gasteiger partial charge in [0.2, 0.25) is 53.2 Å². The summed E-state index contributed by atoms with van der Waals surface area (Å²) in [5.74, 6) is -12.8. The molecule has 0 heterocycles. The molecule has 0 aliphatic carbocycles. The highest BCUT2D eigenvalue weighted by atomic mass is 32.1. The van der Waals surface area contributed by atoms with Gasteiger partial charge in [-0.3, -0.25) is 52.9 Å². The Morgan fingerprint density at radius 3 is 1.68 bits per heavy atom. The number of phenols is 1. The lowest BCUT2D eigenvalue weighted by atomic mass is 10.0. The van der Waals surface area contributed by atoms with Crippen LogP contribution < -0.4 is 65.1 Å². The van der Waals surface area contributed by atoms with Crippen molar-refractivity contribution in [2.45, 2.75) is 128 Å². The number of benzene rings is 1. The number of amides is 9. The fourth-order valence-electron chi connectivity index (χ4n) is 6.43. The van der Waals surface area contributed by atoms with Crippen LogP contribution in [0.3, 0.4) is 0 Å². The molecule has 1 aromatic rings. The van der Waals surface area contributed by atoms with E-state index in [1.54, 1.807) is 13.8 Å². The minimum atomic E-state index is -1.81. The van der Waals surface area contributed by atoms with Crippen molar-refractivity contribution in [1.29, 1.82) is 0 Å². The molecule has 9 amide bonds. The van der Waals surface area contributed by atoms with E-state index in [2.05, 4.69) is 65.5 Å². The van der Waals surface area contributed by atoms with Crippen LogP contribution in [0.4, 0.5) is 0 Å². The fourth-order valence-corrected chi connectivity index (χ4v) is 6.68. The van der Waals surface area contributed by atoms with Crippen LogP contribution in [-0.2, 0) is 59.2 Å². The van der Waals surface area contributed by atoms with Crippen LogP contribution in [0.5, 0.6) is 5.75 Å². The van der Waals surface area contributed by atoms with Crippen molar-refractivity contribution >= 4 is 83.7 Å². The van der Waals surface area contributed by atoms with Gasteiger partial charge in [0.05, 0.1) is 25.6 Å². The molecule has 408 valence electrons. The van der Waals surface area contributed by atoms with E-state index in [1.807, 2.05) is 0 Å². The van der Waals surface area contributed by atoms with Gasteiger partial charge in [-0.2, -0.15) is 12.6 Å². The average molecular weight is 1050 g/mol. The second-order valence-electron chi connectivity index (χ2n) is 17.6. The number of carbonyl (C=O) groups excluding carboxylic acids is 9. The summed E-state index contributed by atoms with van der Waals surface area (Å²) in [6.45, 7) is 7.60. The minimum absolute atomic E-state index is 0.0728. The zero-order chi connectivity index (χ0) is 55.7. The van der Waals surface area contributed by atoms with Crippen LogP contribution in [0.15, 0.2) is 29.3 Å². The van der Waals surface area contributed by atoms with Crippen molar-refractivity contribution in [3.63, 3.8) is 0 Å². The molecule has 0 aliphatic heterocycles. The Bertz CT molecular complexity index is 2120. The molecule has 1 aromatic carbocycles. The van der Waals surface area contributed by atoms with E-state index in [-0.39, 0.29) is 55.6 Å². The summed E-state index contributed by atoms with van der Waals surface area (Å²) in [4.78, 5) is 146. The highest BCUT2D eigenvalue weighted by molar-refractivity contribution is 7.80. The number of nitrogens with one attached hydrogen (secondary N) is 9. The van der Waals surface area contributed by atoms with Crippen LogP contribution in [0.25, 0.3) is 0 Å². The van der Waals surface area contributed by atoms with E-state index in [0.29, 0.717) is 5.56 Å². The van der Waals surface area contributed by atoms with Crippen molar-refractivity contribution < 1.29 is 73.2 Å². The highest BCUT2D eigenvalue weighted by Gasteiger charge is 2.35. The summed E-state index contributed by atoms with van der Waals surface area (Å²) in [6.07, 6.45) is -0.801. The number of aromatic hydroxyl groups is 1. The molecule has 0 unspecified atom stereocenters. The maximum absolute atomic E-state index is 13.5. The maximum atomic E-state index is 13.5. The van der Waals surface area contributed by atoms with Gasteiger partial charge in [0.25, 0.3) is 0 Å². The number of phenolic OH excluding ortho intramolecular Hbond substituents is 1. The predicted molar refractivity (Wildman–Crippen MR) is 265 cm³/mol. The number of carbonyl (C=O) groups is 11. The van der Waals surface area contributed by atoms with E-state index in [9.17, 15) is 73.2 Å². The number of aliphatic hydroxyl groups excluding tert-OH is 1. The topological polar surface area (TPSA) is 467 Å². The van der Waals surface area contributed by atoms with Gasteiger partial charge in [0, 0.05) is 18.7 Å². The zero-order valence-corrected chi connectivity index (χ0v) is 42.3. The Labute approximate surface area is 426 Å². The lowest BCUT2D eigenvalue weighted by Gasteiger charge is -2.27. The highest BCUT2D eigenvalue weighted by Crippen LogP contribution is 2.13. The first-order valence-corrected chi connectivity index (χ1v) is 23.7. The average Bonchev–Trinajstić information content (AvgIpc) is 3.30. The smallest absolute Gasteiger partial charge is 0.326 e. The van der Waals surface area contributed by atoms with E-state index < -0.39 is 145 Å². The van der Waals surface area contributed by atoms with Gasteiger partial charge in [0.15, 0.2) is 5.96 Å². The molecule has 0 spiro atoms. The lowest BCUT2D eigenvalue weighted by Crippen LogP contribution is -2.60. The third-order valence-corrected chi connectivity index (χ3v) is 10.8. The summed E-state index contributed by atoms with van der Waals surface area (Å²) in [5.41, 5.74) is 16.8. The van der Waals surface area contributed by atoms with Crippen molar-refractivity contribution in [3.8, 4) is 5.75 Å². The Balaban J connectivity index is 2.97. The van der Waals surface area contributed by atoms with Gasteiger partial charge in [-0.1, -0.05) is 39.8 Å². The van der Waals surface area contributed by atoms with Crippen molar-refractivity contribution in [1.82, 2.24) is 47.9 Å². The van der Waals surface area contributed by atoms with Crippen molar-refractivity contribution in [2.75, 3.05) is 25.4 Å². The summed E-state index contributed by atoms with van der Waals surface area (Å²) in [7, 11) is 0. The number of aliphatic hydroxyl groups is 1. The minimum Gasteiger partial charge on any atom is -0.508 e. The molecule has 0 aromatic heterocycles. The molecule has 9 atom stereocenters. The quantitative estimate of drug-likeness (QED) is 0.0139. The largest absolute Gasteiger partial charge is 0.508 e. The first-order valence-electron chi connectivity index (χ1n) is 23.0. The number of hydrogen-bond acceptors (Lipinski definition) is 16. The van der Waals surface area contributed by atoms with Crippen molar-refractivity contribution in [3.05, 3.63) is 29.8 Å². The Morgan fingerprint density at radius 2 is 1.16 bits per heavy atom. The Kier molecular flexibility index (Phi) is 27.9. The number of rotatable bonds is 32. The van der Waals surface area contributed by atoms with E-state index in [4.69, 9.17) is 17.2 Å². The number of aliphatic imine (C=N–C) groups is 1. The van der Waals surface area contributed by atoms with E-state index in [0.717, 1.165) is 0 Å². The number of nitrogens with two attached hydrogens (primary N) is 3. The zero-order valence-electron chi connectivity index (χ0n) is 41.4. The van der Waals surface area contributed by atoms with Crippen LogP contribution in [-0.4, -0.2) is 171 Å². The predicted octanol–water partition coefficient (Wildman–Crippen LogP) is -5.47. The number of nitrogens with zero attached hydrogens (tertiary/aromatic N) is 1. The van der Waals surface area contributed by atoms with E-state index in [1.165, 1.54) is 52.0 Å². The molecule has 0 radical (unpaired) electrons. The molecule has 73 heavy (non-hydrogen) atoms. The molecule has 28 nitrogen and oxygen atoms in total. The number of hydrogen-bond donors (Lipinski definition) is 17. The summed E-state index contributed by atoms with van der Waals surface area (Å²) >= 11 is 4.09. The van der Waals surface area contributed by atoms with Gasteiger partial charge in [-0.15, -0.1) is 0 Å². The molecule has 0 saturated carbocycles. The summed E-state index contributed by atoms with van der Waals surface area (Å²) < 4.78 is 0. The van der Waals surface area contributed by atoms with Gasteiger partial charge >= 0.3 is 11.9 Å². The molecule has 29 heteroatoms. The Morgan fingerprint density at radius 1 is 0.630 bits per heavy atom. The molecular weight excluding hydrogens is 983 g/mol. The number of guanidine groups is 1. The molecular formula is C44H71N13O15S. The van der Waals surface area contributed by atoms with Gasteiger partial charge in [-0.25, -0.2) is 4.79 Å². The summed E-state index contributed by atoms with van der Waals surface area (Å²) in [6, 6.07) is -7.25. The third kappa shape index (κ3) is 24.1. The second kappa shape index (κ2) is 31.9. The number of carboxylic acids is 2. The second-order valence-corrected chi connectivity index (χ2v) is 18.0. The van der Waals surface area contributed by atoms with Gasteiger partial charge in [0.1, 0.15) is 54.1 Å². The maximum Gasteiger partial charge on any atom is 0.326 e. The van der Waals surface area contributed by atoms with Crippen molar-refractivity contribution in [2.24, 2.45) is 34.0 Å². The molecule has 19 N–H and O–H groups in total. The first kappa shape index (κ1) is 63.7. The molecule has 0 fully saturated rings. The van der Waals surface area contributed by atoms with Gasteiger partial charge < -0.3 is 85.5 Å². The number of thiol groups is 1. The van der Waals surface area contributed by atoms with Crippen LogP contribution in [0, 0.1) is 11.8 Å². The lowest BCUT2D eigenvalue weighted by molar-refractivity contribution is -0.143. The summed E-state index contributed by atoms with van der Waals surface area (Å²) in [5, 5.41) is 59.9. The SMILES string of the molecule is CC(C)C[C@H](NC(=O)[C@H](CCCN=C(N)N)NC(=O)[C@H](C)N)C(=O)NCC(=O)N[C@@H](CO)C(=O)N[C@@H](CS)C(=O)N[C@@H](C)C(=O)N[C@H](C(=O)N[C@@H](CC(=O)O)C(=O)N[C@@H](Cc1ccc(O)cc1)C(=O)O)C(C)C. The fraction of sp³-hybridized carbons (Fsp3) is 0.591.